The van der Waals surface area contributed by atoms with E-state index in [1.165, 1.54) is 106 Å². The molecule has 1 atom stereocenters. The fraction of sp³-hybridized carbons (Fsp3) is 0.220. The first-order chi connectivity index (χ1) is 40.8. The van der Waals surface area contributed by atoms with Gasteiger partial charge in [0.2, 0.25) is 0 Å². The standard InChI is InChI=1S/C24H16.C18H14.C12H8.C12H10.8C2H6/c1-2-10-18-17(9-1)19-11-3-4-13-21(19)23-15-7-8-16-24(23)22-14-6-5-12-20(18)22;1-2-6-15-12-17-10-4-8-13-7-3-9-16(18(13)17)11-14(15)5-1;1-2-6-10-9(5-1)11-7-3-4-8-12(10)11;1-3-7-11-9-5-2-6-10-12(11)8-4-1;8*1-2/h1-16H;1-9,11-12,18H,10H2;1-8H;1-10H;8*1-2H3. The first kappa shape index (κ1) is 68.0. The van der Waals surface area contributed by atoms with Gasteiger partial charge in [0.25, 0.3) is 0 Å². The Hall–Kier alpha value is -8.32. The monoisotopic (exact) mass is 1080 g/mol. The van der Waals surface area contributed by atoms with Crippen molar-refractivity contribution in [2.24, 2.45) is 5.92 Å². The molecule has 7 aliphatic carbocycles. The van der Waals surface area contributed by atoms with Crippen LogP contribution in [-0.2, 0) is 0 Å². The normalized spacial score (nSPS) is 13.5. The van der Waals surface area contributed by atoms with E-state index in [9.17, 15) is 0 Å². The first-order valence-corrected chi connectivity index (χ1v) is 31.0. The molecular weight excluding hydrogens is 985 g/mol. The largest absolute Gasteiger partial charge is 0.0801 e. The van der Waals surface area contributed by atoms with Crippen LogP contribution in [0.4, 0.5) is 0 Å². The van der Waals surface area contributed by atoms with Gasteiger partial charge >= 0.3 is 0 Å². The third kappa shape index (κ3) is 17.1. The van der Waals surface area contributed by atoms with Crippen LogP contribution in [0.1, 0.15) is 128 Å². The Morgan fingerprint density at radius 2 is 0.524 bits per heavy atom. The van der Waals surface area contributed by atoms with Crippen molar-refractivity contribution in [3.8, 4) is 66.8 Å². The van der Waals surface area contributed by atoms with E-state index in [0.29, 0.717) is 5.92 Å². The van der Waals surface area contributed by atoms with Crippen LogP contribution in [0.5, 0.6) is 0 Å². The van der Waals surface area contributed by atoms with Crippen molar-refractivity contribution in [1.29, 1.82) is 0 Å². The third-order valence-electron chi connectivity index (χ3n) is 13.1. The molecule has 0 heteroatoms. The summed E-state index contributed by atoms with van der Waals surface area (Å²) in [5.41, 5.74) is 25.6. The van der Waals surface area contributed by atoms with Gasteiger partial charge in [-0.05, 0) is 107 Å². The molecule has 0 spiro atoms. The molecule has 424 valence electrons. The van der Waals surface area contributed by atoms with E-state index in [2.05, 4.69) is 261 Å². The van der Waals surface area contributed by atoms with Crippen LogP contribution in [0.15, 0.2) is 289 Å². The first-order valence-electron chi connectivity index (χ1n) is 31.0. The van der Waals surface area contributed by atoms with Gasteiger partial charge in [0.05, 0.1) is 0 Å². The van der Waals surface area contributed by atoms with E-state index in [0.717, 1.165) is 6.42 Å². The quantitative estimate of drug-likeness (QED) is 0.142. The molecule has 0 amide bonds. The lowest BCUT2D eigenvalue weighted by Crippen LogP contribution is -2.13. The summed E-state index contributed by atoms with van der Waals surface area (Å²) in [6, 6.07) is 60.7. The maximum atomic E-state index is 2.38. The lowest BCUT2D eigenvalue weighted by Gasteiger charge is -2.27. The van der Waals surface area contributed by atoms with Gasteiger partial charge in [-0.3, -0.25) is 0 Å². The highest BCUT2D eigenvalue weighted by Gasteiger charge is 2.27. The van der Waals surface area contributed by atoms with Crippen LogP contribution in [-0.4, -0.2) is 0 Å². The van der Waals surface area contributed by atoms with Crippen LogP contribution in [0.25, 0.3) is 78.9 Å². The van der Waals surface area contributed by atoms with Crippen molar-refractivity contribution in [3.05, 3.63) is 300 Å². The molecule has 0 heterocycles. The summed E-state index contributed by atoms with van der Waals surface area (Å²) in [5, 5.41) is 0. The molecule has 0 saturated carbocycles. The van der Waals surface area contributed by atoms with Crippen LogP contribution in [0.3, 0.4) is 0 Å². The van der Waals surface area contributed by atoms with Gasteiger partial charge in [-0.15, -0.1) is 0 Å². The molecular formula is C82H96. The molecule has 0 bridgehead atoms. The van der Waals surface area contributed by atoms with E-state index in [1.54, 1.807) is 0 Å². The Morgan fingerprint density at radius 1 is 0.244 bits per heavy atom. The fourth-order valence-corrected chi connectivity index (χ4v) is 10.0. The highest BCUT2D eigenvalue weighted by molar-refractivity contribution is 6.03. The van der Waals surface area contributed by atoms with Crippen molar-refractivity contribution in [1.82, 2.24) is 0 Å². The summed E-state index contributed by atoms with van der Waals surface area (Å²) in [5.74, 6) is 0.479. The Labute approximate surface area is 499 Å². The van der Waals surface area contributed by atoms with E-state index in [-0.39, 0.29) is 0 Å². The number of allylic oxidation sites excluding steroid dienone is 20. The van der Waals surface area contributed by atoms with Crippen molar-refractivity contribution >= 4 is 12.2 Å². The van der Waals surface area contributed by atoms with E-state index in [4.69, 9.17) is 0 Å². The summed E-state index contributed by atoms with van der Waals surface area (Å²) < 4.78 is 0. The lowest BCUT2D eigenvalue weighted by atomic mass is 9.77. The van der Waals surface area contributed by atoms with Crippen molar-refractivity contribution in [2.75, 3.05) is 0 Å². The Kier molecular flexibility index (Phi) is 32.4. The molecule has 0 aliphatic heterocycles. The van der Waals surface area contributed by atoms with Crippen LogP contribution in [0, 0.1) is 5.92 Å². The average Bonchev–Trinajstić information content (AvgIpc) is 4.10. The molecule has 14 rings (SSSR count). The molecule has 0 nitrogen and oxygen atoms in total. The number of fused-ring (bicyclic) bond motifs is 14. The van der Waals surface area contributed by atoms with Crippen LogP contribution in [0.2, 0.25) is 0 Å². The van der Waals surface area contributed by atoms with Gasteiger partial charge in [-0.2, -0.15) is 0 Å². The van der Waals surface area contributed by atoms with Gasteiger partial charge in [0, 0.05) is 5.92 Å². The van der Waals surface area contributed by atoms with Crippen molar-refractivity contribution in [2.45, 2.75) is 117 Å². The zero-order chi connectivity index (χ0) is 60.1. The minimum Gasteiger partial charge on any atom is -0.0801 e. The molecule has 0 radical (unpaired) electrons. The van der Waals surface area contributed by atoms with Gasteiger partial charge in [0.15, 0.2) is 0 Å². The predicted octanol–water partition coefficient (Wildman–Crippen LogP) is 25.8. The average molecular weight is 1080 g/mol. The summed E-state index contributed by atoms with van der Waals surface area (Å²) in [7, 11) is 0. The molecule has 0 saturated heterocycles. The Bertz CT molecular complexity index is 2950. The topological polar surface area (TPSA) is 0 Å². The van der Waals surface area contributed by atoms with Crippen LogP contribution >= 0.6 is 0 Å². The zero-order valence-corrected chi connectivity index (χ0v) is 52.8. The minimum absolute atomic E-state index is 0.479. The van der Waals surface area contributed by atoms with Crippen molar-refractivity contribution < 1.29 is 0 Å². The zero-order valence-electron chi connectivity index (χ0n) is 52.8. The summed E-state index contributed by atoms with van der Waals surface area (Å²) in [6.07, 6.45) is 37.8. The molecule has 7 aromatic carbocycles. The number of hydrogen-bond donors (Lipinski definition) is 0. The smallest absolute Gasteiger partial charge is 0.0305 e. The SMILES string of the molecule is C1=CC2=Cc3ccccc3C=C3CC=CC(=C1)C23.C1=CC=C2C=CC=CC=C2C=C1.CC.CC.CC.CC.CC.CC.CC.CC.c1ccc2c(c1)-c1ccccc1-2.c1ccc2c(c1)-c1ccccc1-c1ccccc1-c1ccccc1-2. The minimum atomic E-state index is 0.479. The summed E-state index contributed by atoms with van der Waals surface area (Å²) in [4.78, 5) is 0. The molecule has 7 aliphatic rings. The molecule has 0 aromatic heterocycles. The van der Waals surface area contributed by atoms with E-state index >= 15 is 0 Å². The fourth-order valence-electron chi connectivity index (χ4n) is 10.0. The van der Waals surface area contributed by atoms with Gasteiger partial charge in [-0.25, -0.2) is 0 Å². The molecule has 7 aromatic rings. The molecule has 82 heavy (non-hydrogen) atoms. The lowest BCUT2D eigenvalue weighted by molar-refractivity contribution is 0.833. The summed E-state index contributed by atoms with van der Waals surface area (Å²) >= 11 is 0. The van der Waals surface area contributed by atoms with Gasteiger partial charge < -0.3 is 0 Å². The highest BCUT2D eigenvalue weighted by atomic mass is 14.3. The van der Waals surface area contributed by atoms with E-state index < -0.39 is 0 Å². The molecule has 1 unspecified atom stereocenters. The third-order valence-corrected chi connectivity index (χ3v) is 13.1. The second kappa shape index (κ2) is 39.1. The maximum Gasteiger partial charge on any atom is 0.0305 e. The summed E-state index contributed by atoms with van der Waals surface area (Å²) in [6.45, 7) is 32.0. The Balaban J connectivity index is 0.000000272. The Morgan fingerprint density at radius 3 is 0.829 bits per heavy atom. The number of hydrogen-bond acceptors (Lipinski definition) is 0. The second-order valence-electron chi connectivity index (χ2n) is 17.1. The highest BCUT2D eigenvalue weighted by Crippen LogP contribution is 2.48. The van der Waals surface area contributed by atoms with E-state index in [1.807, 2.05) is 123 Å². The van der Waals surface area contributed by atoms with Gasteiger partial charge in [0.1, 0.15) is 0 Å². The predicted molar refractivity (Wildman–Crippen MR) is 373 cm³/mol. The number of benzene rings is 7. The molecule has 0 N–H and O–H groups in total. The van der Waals surface area contributed by atoms with Gasteiger partial charge in [-0.1, -0.05) is 390 Å². The number of rotatable bonds is 0. The molecule has 0 fully saturated rings. The second-order valence-corrected chi connectivity index (χ2v) is 17.1. The van der Waals surface area contributed by atoms with Crippen molar-refractivity contribution in [3.63, 3.8) is 0 Å². The van der Waals surface area contributed by atoms with Crippen LogP contribution < -0.4 is 0 Å². The maximum absolute atomic E-state index is 2.38.